The molecule has 2 unspecified atom stereocenters. The van der Waals surface area contributed by atoms with Crippen molar-refractivity contribution in [3.63, 3.8) is 0 Å². The van der Waals surface area contributed by atoms with Crippen molar-refractivity contribution in [1.29, 1.82) is 0 Å². The first-order valence-corrected chi connectivity index (χ1v) is 7.89. The summed E-state index contributed by atoms with van der Waals surface area (Å²) in [6.07, 6.45) is 0. The van der Waals surface area contributed by atoms with Gasteiger partial charge in [-0.3, -0.25) is 0 Å². The second-order valence-corrected chi connectivity index (χ2v) is 7.47. The topological polar surface area (TPSA) is 27.3 Å². The number of nitrogens with one attached hydrogen (secondary N) is 2. The third-order valence-electron chi connectivity index (χ3n) is 2.47. The van der Waals surface area contributed by atoms with Crippen LogP contribution in [0.3, 0.4) is 0 Å². The molecule has 0 radical (unpaired) electrons. The summed E-state index contributed by atoms with van der Waals surface area (Å²) in [5, 5.41) is 2.64. The fourth-order valence-corrected chi connectivity index (χ4v) is 5.77. The van der Waals surface area contributed by atoms with Crippen molar-refractivity contribution < 1.29 is 0 Å². The van der Waals surface area contributed by atoms with Crippen LogP contribution < -0.4 is 14.2 Å². The Morgan fingerprint density at radius 3 is 2.50 bits per heavy atom. The van der Waals surface area contributed by atoms with Gasteiger partial charge in [0.15, 0.2) is 0 Å². The molecule has 0 amide bonds. The number of hydrogen-bond donors (Lipinski definition) is 2. The van der Waals surface area contributed by atoms with E-state index in [4.69, 9.17) is 0 Å². The fourth-order valence-electron chi connectivity index (χ4n) is 1.75. The van der Waals surface area contributed by atoms with Gasteiger partial charge >= 0.3 is 0 Å². The molecule has 3 nitrogen and oxygen atoms in total. The lowest BCUT2D eigenvalue weighted by Gasteiger charge is -2.29. The molecule has 2 aromatic carbocycles. The third kappa shape index (κ3) is 2.07. The number of fused-ring (bicyclic) bond motifs is 1. The van der Waals surface area contributed by atoms with Crippen molar-refractivity contribution in [2.24, 2.45) is 0 Å². The van der Waals surface area contributed by atoms with Crippen LogP contribution in [-0.4, -0.2) is 0 Å². The van der Waals surface area contributed by atoms with Gasteiger partial charge in [0.05, 0.1) is 23.5 Å². The van der Waals surface area contributed by atoms with Crippen LogP contribution in [0.4, 0.5) is 5.69 Å². The third-order valence-corrected chi connectivity index (χ3v) is 5.96. The Balaban J connectivity index is 2.08. The molecular formula is C10H12N3P3. The highest BCUT2D eigenvalue weighted by Gasteiger charge is 2.12. The van der Waals surface area contributed by atoms with Gasteiger partial charge in [-0.05, 0) is 11.5 Å². The molecule has 1 heterocycles. The summed E-state index contributed by atoms with van der Waals surface area (Å²) in [4.78, 5) is 6.75. The van der Waals surface area contributed by atoms with Crippen LogP contribution in [0.25, 0.3) is 10.8 Å². The van der Waals surface area contributed by atoms with E-state index in [1.54, 1.807) is 0 Å². The summed E-state index contributed by atoms with van der Waals surface area (Å²) < 4.78 is 2.37. The Morgan fingerprint density at radius 1 is 0.875 bits per heavy atom. The molecule has 82 valence electrons. The largest absolute Gasteiger partial charge is 0.307 e. The highest BCUT2D eigenvalue weighted by Crippen LogP contribution is 2.44. The molecule has 0 spiro atoms. The molecular weight excluding hydrogens is 255 g/mol. The molecule has 1 aliphatic rings. The standard InChI is InChI=1S/C10H12N3P3/c1-2-6-9-8(4-1)5-3-7-10(9)13-15-11-14-12-16-13/h1-7,11-12,14-16H. The maximum atomic E-state index is 3.38. The minimum absolute atomic E-state index is 0.679. The summed E-state index contributed by atoms with van der Waals surface area (Å²) in [6.45, 7) is 0. The van der Waals surface area contributed by atoms with Gasteiger partial charge in [-0.1, -0.05) is 36.4 Å². The zero-order chi connectivity index (χ0) is 10.8. The number of rotatable bonds is 1. The Kier molecular flexibility index (Phi) is 3.33. The zero-order valence-corrected chi connectivity index (χ0v) is 11.5. The van der Waals surface area contributed by atoms with Gasteiger partial charge in [0.2, 0.25) is 0 Å². The molecule has 2 N–H and O–H groups in total. The highest BCUT2D eigenvalue weighted by molar-refractivity contribution is 7.70. The minimum atomic E-state index is 0.679. The van der Waals surface area contributed by atoms with Gasteiger partial charge in [-0.25, -0.2) is 9.72 Å². The van der Waals surface area contributed by atoms with Gasteiger partial charge in [0.25, 0.3) is 0 Å². The van der Waals surface area contributed by atoms with Crippen molar-refractivity contribution >= 4 is 43.1 Å². The molecule has 6 heteroatoms. The van der Waals surface area contributed by atoms with Crippen molar-refractivity contribution in [2.45, 2.75) is 0 Å². The number of nitrogens with zero attached hydrogens (tertiary/aromatic N) is 1. The lowest BCUT2D eigenvalue weighted by molar-refractivity contribution is 1.47. The summed E-state index contributed by atoms with van der Waals surface area (Å²) in [6, 6.07) is 15.0. The number of anilines is 1. The van der Waals surface area contributed by atoms with E-state index in [9.17, 15) is 0 Å². The predicted molar refractivity (Wildman–Crippen MR) is 77.6 cm³/mol. The van der Waals surface area contributed by atoms with Gasteiger partial charge in [-0.2, -0.15) is 0 Å². The van der Waals surface area contributed by atoms with Gasteiger partial charge in [0, 0.05) is 14.3 Å². The summed E-state index contributed by atoms with van der Waals surface area (Å²) in [5.41, 5.74) is 1.32. The first kappa shape index (κ1) is 10.8. The SMILES string of the molecule is c1ccc2c(N3PNPNP3)cccc2c1. The van der Waals surface area contributed by atoms with Crippen molar-refractivity contribution in [3.05, 3.63) is 42.5 Å². The molecule has 0 aliphatic carbocycles. The fraction of sp³-hybridized carbons (Fsp3) is 0. The summed E-state index contributed by atoms with van der Waals surface area (Å²) in [5.74, 6) is 0. The number of benzene rings is 2. The summed E-state index contributed by atoms with van der Waals surface area (Å²) in [7, 11) is 2.05. The lowest BCUT2D eigenvalue weighted by Crippen LogP contribution is -2.15. The first-order valence-electron chi connectivity index (χ1n) is 4.99. The van der Waals surface area contributed by atoms with Crippen molar-refractivity contribution in [1.82, 2.24) is 9.72 Å². The molecule has 0 aromatic heterocycles. The van der Waals surface area contributed by atoms with Gasteiger partial charge in [-0.15, -0.1) is 0 Å². The van der Waals surface area contributed by atoms with Crippen LogP contribution in [0.1, 0.15) is 0 Å². The van der Waals surface area contributed by atoms with Crippen molar-refractivity contribution in [3.8, 4) is 0 Å². The van der Waals surface area contributed by atoms with Crippen molar-refractivity contribution in [2.75, 3.05) is 4.44 Å². The molecule has 2 aromatic rings. The van der Waals surface area contributed by atoms with E-state index in [0.29, 0.717) is 26.6 Å². The van der Waals surface area contributed by atoms with E-state index in [0.717, 1.165) is 0 Å². The Labute approximate surface area is 100 Å². The maximum absolute atomic E-state index is 3.38. The molecule has 0 bridgehead atoms. The molecule has 16 heavy (non-hydrogen) atoms. The predicted octanol–water partition coefficient (Wildman–Crippen LogP) is 3.36. The Hall–Kier alpha value is -0.290. The van der Waals surface area contributed by atoms with Crippen LogP contribution in [0.15, 0.2) is 42.5 Å². The monoisotopic (exact) mass is 267 g/mol. The molecule has 1 saturated heterocycles. The van der Waals surface area contributed by atoms with Crippen LogP contribution in [-0.2, 0) is 0 Å². The molecule has 3 rings (SSSR count). The Bertz CT molecular complexity index is 494. The van der Waals surface area contributed by atoms with Crippen LogP contribution in [0, 0.1) is 0 Å². The van der Waals surface area contributed by atoms with E-state index in [1.165, 1.54) is 16.5 Å². The van der Waals surface area contributed by atoms with Crippen LogP contribution >= 0.6 is 26.6 Å². The average molecular weight is 267 g/mol. The van der Waals surface area contributed by atoms with E-state index in [-0.39, 0.29) is 0 Å². The lowest BCUT2D eigenvalue weighted by atomic mass is 10.1. The molecule has 2 atom stereocenters. The minimum Gasteiger partial charge on any atom is -0.307 e. The second kappa shape index (κ2) is 4.92. The molecule has 1 fully saturated rings. The average Bonchev–Trinajstić information content (AvgIpc) is 2.39. The van der Waals surface area contributed by atoms with E-state index in [2.05, 4.69) is 56.6 Å². The van der Waals surface area contributed by atoms with E-state index >= 15 is 0 Å². The van der Waals surface area contributed by atoms with E-state index in [1.807, 2.05) is 0 Å². The smallest absolute Gasteiger partial charge is 0.0579 e. The Morgan fingerprint density at radius 2 is 1.62 bits per heavy atom. The quantitative estimate of drug-likeness (QED) is 0.776. The first-order chi connectivity index (χ1) is 7.95. The zero-order valence-electron chi connectivity index (χ0n) is 8.49. The normalized spacial score (nSPS) is 21.1. The van der Waals surface area contributed by atoms with E-state index < -0.39 is 0 Å². The summed E-state index contributed by atoms with van der Waals surface area (Å²) >= 11 is 0. The molecule has 1 aliphatic heterocycles. The van der Waals surface area contributed by atoms with Gasteiger partial charge < -0.3 is 4.44 Å². The maximum Gasteiger partial charge on any atom is 0.0579 e. The van der Waals surface area contributed by atoms with Gasteiger partial charge in [0.1, 0.15) is 0 Å². The molecule has 0 saturated carbocycles. The second-order valence-electron chi connectivity index (χ2n) is 3.43. The van der Waals surface area contributed by atoms with Crippen LogP contribution in [0.2, 0.25) is 0 Å². The van der Waals surface area contributed by atoms with Crippen LogP contribution in [0.5, 0.6) is 0 Å². The number of hydrogen-bond acceptors (Lipinski definition) is 3. The highest BCUT2D eigenvalue weighted by atomic mass is 31.2.